The van der Waals surface area contributed by atoms with Crippen molar-refractivity contribution in [1.82, 2.24) is 15.3 Å². The summed E-state index contributed by atoms with van der Waals surface area (Å²) in [6, 6.07) is 5.74. The molecular weight excluding hydrogens is 282 g/mol. The highest BCUT2D eigenvalue weighted by Gasteiger charge is 2.09. The molecule has 21 heavy (non-hydrogen) atoms. The van der Waals surface area contributed by atoms with Crippen molar-refractivity contribution in [3.8, 4) is 10.7 Å². The number of aromatic nitrogens is 2. The van der Waals surface area contributed by atoms with Gasteiger partial charge >= 0.3 is 0 Å². The summed E-state index contributed by atoms with van der Waals surface area (Å²) < 4.78 is 0. The second-order valence-electron chi connectivity index (χ2n) is 4.95. The number of thiazole rings is 1. The van der Waals surface area contributed by atoms with Gasteiger partial charge in [0.2, 0.25) is 5.91 Å². The highest BCUT2D eigenvalue weighted by Crippen LogP contribution is 2.21. The van der Waals surface area contributed by atoms with Crippen LogP contribution in [0.1, 0.15) is 38.3 Å². The Bertz CT molecular complexity index is 554. The maximum Gasteiger partial charge on any atom is 0.226 e. The Morgan fingerprint density at radius 2 is 2.19 bits per heavy atom. The maximum atomic E-state index is 11.8. The number of amides is 1. The van der Waals surface area contributed by atoms with Crippen LogP contribution in [0.4, 0.5) is 0 Å². The minimum absolute atomic E-state index is 0.0457. The van der Waals surface area contributed by atoms with Gasteiger partial charge in [-0.25, -0.2) is 4.98 Å². The van der Waals surface area contributed by atoms with E-state index >= 15 is 0 Å². The highest BCUT2D eigenvalue weighted by molar-refractivity contribution is 7.13. The molecule has 0 bridgehead atoms. The monoisotopic (exact) mass is 303 g/mol. The van der Waals surface area contributed by atoms with Crippen LogP contribution in [0.5, 0.6) is 0 Å². The lowest BCUT2D eigenvalue weighted by Gasteiger charge is -2.03. The maximum absolute atomic E-state index is 11.8. The molecule has 0 radical (unpaired) electrons. The molecule has 0 aliphatic rings. The summed E-state index contributed by atoms with van der Waals surface area (Å²) in [6.45, 7) is 2.94. The summed E-state index contributed by atoms with van der Waals surface area (Å²) in [5.41, 5.74) is 1.67. The van der Waals surface area contributed by atoms with Gasteiger partial charge in [0.1, 0.15) is 5.01 Å². The molecule has 2 rings (SSSR count). The van der Waals surface area contributed by atoms with Crippen LogP contribution in [0.25, 0.3) is 10.7 Å². The second kappa shape index (κ2) is 8.52. The molecule has 4 nitrogen and oxygen atoms in total. The quantitative estimate of drug-likeness (QED) is 0.760. The minimum Gasteiger partial charge on any atom is -0.356 e. The Balaban J connectivity index is 1.78. The van der Waals surface area contributed by atoms with Gasteiger partial charge in [0.15, 0.2) is 0 Å². The lowest BCUT2D eigenvalue weighted by atomic mass is 10.2. The molecule has 0 saturated carbocycles. The van der Waals surface area contributed by atoms with E-state index in [1.165, 1.54) is 30.6 Å². The summed E-state index contributed by atoms with van der Waals surface area (Å²) in [7, 11) is 0. The summed E-state index contributed by atoms with van der Waals surface area (Å²) in [5, 5.41) is 5.74. The molecule has 0 aliphatic carbocycles. The zero-order valence-electron chi connectivity index (χ0n) is 12.3. The van der Waals surface area contributed by atoms with Crippen molar-refractivity contribution in [2.24, 2.45) is 0 Å². The van der Waals surface area contributed by atoms with Crippen LogP contribution < -0.4 is 5.32 Å². The minimum atomic E-state index is 0.0457. The van der Waals surface area contributed by atoms with E-state index < -0.39 is 0 Å². The third-order valence-electron chi connectivity index (χ3n) is 3.13. The van der Waals surface area contributed by atoms with Crippen LogP contribution in [-0.4, -0.2) is 22.4 Å². The number of carbonyl (C=O) groups excluding carboxylic acids is 1. The van der Waals surface area contributed by atoms with Crippen molar-refractivity contribution in [2.45, 2.75) is 39.0 Å². The third kappa shape index (κ3) is 5.27. The molecular formula is C16H21N3OS. The van der Waals surface area contributed by atoms with Crippen molar-refractivity contribution in [3.05, 3.63) is 35.5 Å². The molecule has 2 aromatic rings. The molecule has 0 aliphatic heterocycles. The number of nitrogens with one attached hydrogen (secondary N) is 1. The number of unbranched alkanes of at least 4 members (excludes halogenated alkanes) is 3. The van der Waals surface area contributed by atoms with E-state index in [2.05, 4.69) is 22.2 Å². The average molecular weight is 303 g/mol. The fraction of sp³-hybridized carbons (Fsp3) is 0.438. The smallest absolute Gasteiger partial charge is 0.226 e. The van der Waals surface area contributed by atoms with Gasteiger partial charge < -0.3 is 5.32 Å². The molecule has 0 atom stereocenters. The molecule has 0 aromatic carbocycles. The molecule has 0 saturated heterocycles. The summed E-state index contributed by atoms with van der Waals surface area (Å²) >= 11 is 1.53. The van der Waals surface area contributed by atoms with E-state index in [4.69, 9.17) is 0 Å². The van der Waals surface area contributed by atoms with Gasteiger partial charge in [-0.05, 0) is 18.6 Å². The van der Waals surface area contributed by atoms with Gasteiger partial charge in [-0.15, -0.1) is 11.3 Å². The molecule has 0 unspecified atom stereocenters. The second-order valence-corrected chi connectivity index (χ2v) is 5.80. The SMILES string of the molecule is CCCCCCNC(=O)Cc1csc(-c2ccccn2)n1. The Morgan fingerprint density at radius 1 is 1.29 bits per heavy atom. The molecule has 2 heterocycles. The molecule has 2 aromatic heterocycles. The molecule has 112 valence electrons. The van der Waals surface area contributed by atoms with Gasteiger partial charge in [0.25, 0.3) is 0 Å². The molecule has 5 heteroatoms. The van der Waals surface area contributed by atoms with Crippen LogP contribution in [0, 0.1) is 0 Å². The number of rotatable bonds is 8. The number of carbonyl (C=O) groups is 1. The lowest BCUT2D eigenvalue weighted by Crippen LogP contribution is -2.26. The van der Waals surface area contributed by atoms with Gasteiger partial charge in [0.05, 0.1) is 17.8 Å². The topological polar surface area (TPSA) is 54.9 Å². The van der Waals surface area contributed by atoms with E-state index in [0.717, 1.165) is 29.4 Å². The van der Waals surface area contributed by atoms with Gasteiger partial charge in [-0.2, -0.15) is 0 Å². The first-order valence-corrected chi connectivity index (χ1v) is 8.30. The molecule has 0 fully saturated rings. The predicted molar refractivity (Wildman–Crippen MR) is 86.2 cm³/mol. The standard InChI is InChI=1S/C16H21N3OS/c1-2-3-4-6-10-18-15(20)11-13-12-21-16(19-13)14-8-5-7-9-17-14/h5,7-9,12H,2-4,6,10-11H2,1H3,(H,18,20). The first kappa shape index (κ1) is 15.6. The number of hydrogen-bond acceptors (Lipinski definition) is 4. The normalized spacial score (nSPS) is 10.5. The van der Waals surface area contributed by atoms with Crippen LogP contribution in [0.15, 0.2) is 29.8 Å². The fourth-order valence-electron chi connectivity index (χ4n) is 2.00. The van der Waals surface area contributed by atoms with Crippen LogP contribution in [-0.2, 0) is 11.2 Å². The first-order valence-electron chi connectivity index (χ1n) is 7.42. The Kier molecular flexibility index (Phi) is 6.34. The van der Waals surface area contributed by atoms with Gasteiger partial charge in [-0.3, -0.25) is 9.78 Å². The molecule has 1 amide bonds. The number of pyridine rings is 1. The van der Waals surface area contributed by atoms with E-state index in [0.29, 0.717) is 6.42 Å². The zero-order valence-corrected chi connectivity index (χ0v) is 13.2. The summed E-state index contributed by atoms with van der Waals surface area (Å²) in [5.74, 6) is 0.0457. The third-order valence-corrected chi connectivity index (χ3v) is 4.04. The Hall–Kier alpha value is -1.75. The summed E-state index contributed by atoms with van der Waals surface area (Å²) in [4.78, 5) is 20.6. The van der Waals surface area contributed by atoms with Gasteiger partial charge in [-0.1, -0.05) is 32.3 Å². The van der Waals surface area contributed by atoms with Crippen LogP contribution >= 0.6 is 11.3 Å². The Morgan fingerprint density at radius 3 is 2.95 bits per heavy atom. The van der Waals surface area contributed by atoms with Crippen molar-refractivity contribution >= 4 is 17.2 Å². The first-order chi connectivity index (χ1) is 10.3. The number of nitrogens with zero attached hydrogens (tertiary/aromatic N) is 2. The van der Waals surface area contributed by atoms with Crippen molar-refractivity contribution < 1.29 is 4.79 Å². The van der Waals surface area contributed by atoms with Crippen molar-refractivity contribution in [2.75, 3.05) is 6.54 Å². The van der Waals surface area contributed by atoms with E-state index in [9.17, 15) is 4.79 Å². The number of hydrogen-bond donors (Lipinski definition) is 1. The zero-order chi connectivity index (χ0) is 14.9. The Labute approximate surface area is 129 Å². The fourth-order valence-corrected chi connectivity index (χ4v) is 2.80. The lowest BCUT2D eigenvalue weighted by molar-refractivity contribution is -0.120. The summed E-state index contributed by atoms with van der Waals surface area (Å²) in [6.07, 6.45) is 6.77. The van der Waals surface area contributed by atoms with E-state index in [-0.39, 0.29) is 5.91 Å². The van der Waals surface area contributed by atoms with Gasteiger partial charge in [0, 0.05) is 18.1 Å². The van der Waals surface area contributed by atoms with Crippen molar-refractivity contribution in [1.29, 1.82) is 0 Å². The van der Waals surface area contributed by atoms with E-state index in [1.54, 1.807) is 6.20 Å². The highest BCUT2D eigenvalue weighted by atomic mass is 32.1. The predicted octanol–water partition coefficient (Wildman–Crippen LogP) is 3.44. The van der Waals surface area contributed by atoms with Crippen LogP contribution in [0.2, 0.25) is 0 Å². The largest absolute Gasteiger partial charge is 0.356 e. The van der Waals surface area contributed by atoms with E-state index in [1.807, 2.05) is 23.6 Å². The molecule has 0 spiro atoms. The average Bonchev–Trinajstić information content (AvgIpc) is 2.96. The van der Waals surface area contributed by atoms with Crippen LogP contribution in [0.3, 0.4) is 0 Å². The van der Waals surface area contributed by atoms with Crippen molar-refractivity contribution in [3.63, 3.8) is 0 Å². The molecule has 1 N–H and O–H groups in total.